The van der Waals surface area contributed by atoms with E-state index in [2.05, 4.69) is 36.6 Å². The van der Waals surface area contributed by atoms with Crippen LogP contribution in [-0.4, -0.2) is 34.9 Å². The quantitative estimate of drug-likeness (QED) is 0.216. The number of allylic oxidation sites excluding steroid dienone is 1. The average Bonchev–Trinajstić information content (AvgIpc) is 3.40. The van der Waals surface area contributed by atoms with Gasteiger partial charge in [-0.25, -0.2) is 4.68 Å². The molecule has 0 spiro atoms. The standard InChI is InChI=1S/C28H24BrCl2N5O4/c1-15-24(27(37)35-21-6-4-5-7-22(21)38-2)25(36-28(34-15)32-14-33-36)17-10-19(29)26(23(11-17)39-3)40-13-16-8-9-18(30)12-20(16)31/h4-12,14,25H,13H2,1-3H3,(H,35,37)(H,32,33,34). The summed E-state index contributed by atoms with van der Waals surface area (Å²) in [6.45, 7) is 2.01. The van der Waals surface area contributed by atoms with E-state index in [0.29, 0.717) is 54.7 Å². The van der Waals surface area contributed by atoms with Crippen molar-refractivity contribution in [1.29, 1.82) is 0 Å². The van der Waals surface area contributed by atoms with Crippen LogP contribution in [0.15, 0.2) is 76.7 Å². The summed E-state index contributed by atoms with van der Waals surface area (Å²) in [7, 11) is 3.10. The van der Waals surface area contributed by atoms with Gasteiger partial charge in [-0.2, -0.15) is 10.1 Å². The van der Waals surface area contributed by atoms with Crippen molar-refractivity contribution in [2.24, 2.45) is 0 Å². The van der Waals surface area contributed by atoms with E-state index in [-0.39, 0.29) is 12.5 Å². The van der Waals surface area contributed by atoms with Crippen LogP contribution in [-0.2, 0) is 11.4 Å². The Morgan fingerprint density at radius 3 is 2.62 bits per heavy atom. The number of anilines is 2. The zero-order valence-electron chi connectivity index (χ0n) is 21.7. The Morgan fingerprint density at radius 2 is 1.88 bits per heavy atom. The van der Waals surface area contributed by atoms with Gasteiger partial charge in [0.1, 0.15) is 24.7 Å². The molecular weight excluding hydrogens is 621 g/mol. The number of benzene rings is 3. The second-order valence-corrected chi connectivity index (χ2v) is 10.5. The normalized spacial score (nSPS) is 14.3. The Bertz CT molecular complexity index is 1620. The molecule has 4 aromatic rings. The third kappa shape index (κ3) is 5.47. The van der Waals surface area contributed by atoms with E-state index in [1.165, 1.54) is 6.33 Å². The van der Waals surface area contributed by atoms with Crippen LogP contribution in [0.2, 0.25) is 10.0 Å². The Labute approximate surface area is 249 Å². The van der Waals surface area contributed by atoms with Gasteiger partial charge in [0.05, 0.1) is 30.0 Å². The van der Waals surface area contributed by atoms with E-state index >= 15 is 0 Å². The molecule has 3 aromatic carbocycles. The topological polar surface area (TPSA) is 99.5 Å². The summed E-state index contributed by atoms with van der Waals surface area (Å²) in [4.78, 5) is 18.1. The Hall–Kier alpha value is -3.73. The summed E-state index contributed by atoms with van der Waals surface area (Å²) < 4.78 is 19.5. The highest BCUT2D eigenvalue weighted by molar-refractivity contribution is 9.10. The van der Waals surface area contributed by atoms with Crippen molar-refractivity contribution in [3.8, 4) is 17.2 Å². The zero-order chi connectivity index (χ0) is 28.4. The fourth-order valence-electron chi connectivity index (χ4n) is 4.46. The van der Waals surface area contributed by atoms with Crippen LogP contribution in [0.3, 0.4) is 0 Å². The number of fused-ring (bicyclic) bond motifs is 1. The van der Waals surface area contributed by atoms with Gasteiger partial charge < -0.3 is 24.8 Å². The molecule has 0 aliphatic carbocycles. The molecule has 5 rings (SSSR count). The molecule has 206 valence electrons. The Kier molecular flexibility index (Phi) is 8.20. The lowest BCUT2D eigenvalue weighted by atomic mass is 9.94. The van der Waals surface area contributed by atoms with Crippen molar-refractivity contribution >= 4 is 56.7 Å². The summed E-state index contributed by atoms with van der Waals surface area (Å²) in [5, 5.41) is 11.6. The molecule has 2 heterocycles. The molecule has 0 bridgehead atoms. The molecule has 1 unspecified atom stereocenters. The molecule has 1 aliphatic heterocycles. The van der Waals surface area contributed by atoms with Gasteiger partial charge in [-0.3, -0.25) is 4.79 Å². The number of nitrogens with zero attached hydrogens (tertiary/aromatic N) is 3. The van der Waals surface area contributed by atoms with Crippen LogP contribution in [0, 0.1) is 0 Å². The summed E-state index contributed by atoms with van der Waals surface area (Å²) >= 11 is 16.0. The molecule has 9 nitrogen and oxygen atoms in total. The van der Waals surface area contributed by atoms with Gasteiger partial charge in [-0.15, -0.1) is 0 Å². The first-order chi connectivity index (χ1) is 19.3. The number of amides is 1. The molecule has 40 heavy (non-hydrogen) atoms. The number of hydrogen-bond acceptors (Lipinski definition) is 7. The molecule has 1 amide bonds. The average molecular weight is 645 g/mol. The third-order valence-corrected chi connectivity index (χ3v) is 7.52. The van der Waals surface area contributed by atoms with Crippen LogP contribution in [0.4, 0.5) is 11.6 Å². The van der Waals surface area contributed by atoms with E-state index in [0.717, 1.165) is 11.1 Å². The molecule has 1 aromatic heterocycles. The molecular formula is C28H24BrCl2N5O4. The van der Waals surface area contributed by atoms with Crippen molar-refractivity contribution < 1.29 is 19.0 Å². The van der Waals surface area contributed by atoms with Gasteiger partial charge in [0, 0.05) is 21.3 Å². The highest BCUT2D eigenvalue weighted by atomic mass is 79.9. The summed E-state index contributed by atoms with van der Waals surface area (Å²) in [5.74, 6) is 1.66. The molecule has 1 aliphatic rings. The first kappa shape index (κ1) is 27.8. The predicted octanol–water partition coefficient (Wildman–Crippen LogP) is 6.87. The molecule has 0 saturated carbocycles. The summed E-state index contributed by atoms with van der Waals surface area (Å²) in [5.41, 5.74) is 3.11. The van der Waals surface area contributed by atoms with Gasteiger partial charge in [0.2, 0.25) is 5.95 Å². The fourth-order valence-corrected chi connectivity index (χ4v) is 5.49. The number of ether oxygens (including phenoxy) is 3. The minimum absolute atomic E-state index is 0.191. The molecule has 12 heteroatoms. The van der Waals surface area contributed by atoms with Crippen molar-refractivity contribution in [2.45, 2.75) is 19.6 Å². The lowest BCUT2D eigenvalue weighted by Crippen LogP contribution is -2.31. The fraction of sp³-hybridized carbons (Fsp3) is 0.179. The maximum absolute atomic E-state index is 13.8. The van der Waals surface area contributed by atoms with E-state index in [1.54, 1.807) is 49.2 Å². The van der Waals surface area contributed by atoms with Crippen LogP contribution in [0.5, 0.6) is 17.2 Å². The lowest BCUT2D eigenvalue weighted by Gasteiger charge is -2.29. The zero-order valence-corrected chi connectivity index (χ0v) is 24.8. The third-order valence-electron chi connectivity index (χ3n) is 6.35. The number of halogens is 3. The smallest absolute Gasteiger partial charge is 0.255 e. The van der Waals surface area contributed by atoms with Gasteiger partial charge in [-0.1, -0.05) is 41.4 Å². The van der Waals surface area contributed by atoms with E-state index in [4.69, 9.17) is 37.4 Å². The van der Waals surface area contributed by atoms with Gasteiger partial charge in [-0.05, 0) is 64.8 Å². The molecule has 1 atom stereocenters. The number of para-hydroxylation sites is 2. The monoisotopic (exact) mass is 643 g/mol. The first-order valence-electron chi connectivity index (χ1n) is 12.1. The number of aromatic nitrogens is 3. The highest BCUT2D eigenvalue weighted by Crippen LogP contribution is 2.43. The summed E-state index contributed by atoms with van der Waals surface area (Å²) in [6.07, 6.45) is 1.43. The number of nitrogens with one attached hydrogen (secondary N) is 2. The van der Waals surface area contributed by atoms with Gasteiger partial charge >= 0.3 is 0 Å². The predicted molar refractivity (Wildman–Crippen MR) is 158 cm³/mol. The summed E-state index contributed by atoms with van der Waals surface area (Å²) in [6, 6.07) is 15.5. The van der Waals surface area contributed by atoms with Crippen LogP contribution in [0.25, 0.3) is 0 Å². The van der Waals surface area contributed by atoms with E-state index < -0.39 is 6.04 Å². The lowest BCUT2D eigenvalue weighted by molar-refractivity contribution is -0.113. The maximum atomic E-state index is 13.8. The number of carbonyl (C=O) groups excluding carboxylic acids is 1. The Balaban J connectivity index is 1.52. The minimum Gasteiger partial charge on any atom is -0.495 e. The molecule has 0 fully saturated rings. The van der Waals surface area contributed by atoms with Gasteiger partial charge in [0.15, 0.2) is 11.5 Å². The number of carbonyl (C=O) groups is 1. The van der Waals surface area contributed by atoms with Crippen LogP contribution < -0.4 is 24.8 Å². The second kappa shape index (κ2) is 11.8. The van der Waals surface area contributed by atoms with Gasteiger partial charge in [0.25, 0.3) is 5.91 Å². The van der Waals surface area contributed by atoms with Crippen molar-refractivity contribution in [1.82, 2.24) is 14.8 Å². The highest BCUT2D eigenvalue weighted by Gasteiger charge is 2.35. The van der Waals surface area contributed by atoms with Crippen molar-refractivity contribution in [3.05, 3.63) is 97.8 Å². The van der Waals surface area contributed by atoms with Crippen molar-refractivity contribution in [2.75, 3.05) is 24.9 Å². The molecule has 0 saturated heterocycles. The second-order valence-electron chi connectivity index (χ2n) is 8.81. The largest absolute Gasteiger partial charge is 0.495 e. The van der Waals surface area contributed by atoms with E-state index in [1.807, 2.05) is 31.2 Å². The number of hydrogen-bond donors (Lipinski definition) is 2. The first-order valence-corrected chi connectivity index (χ1v) is 13.6. The molecule has 0 radical (unpaired) electrons. The van der Waals surface area contributed by atoms with Crippen LogP contribution >= 0.6 is 39.1 Å². The van der Waals surface area contributed by atoms with E-state index in [9.17, 15) is 4.79 Å². The molecule has 2 N–H and O–H groups in total. The number of rotatable bonds is 8. The Morgan fingerprint density at radius 1 is 1.10 bits per heavy atom. The minimum atomic E-state index is -0.626. The van der Waals surface area contributed by atoms with Crippen molar-refractivity contribution in [3.63, 3.8) is 0 Å². The van der Waals surface area contributed by atoms with Crippen LogP contribution in [0.1, 0.15) is 24.1 Å². The SMILES string of the molecule is COc1ccccc1NC(=O)C1=C(C)Nc2ncnn2C1c1cc(Br)c(OCc2ccc(Cl)cc2Cl)c(OC)c1. The number of methoxy groups -OCH3 is 2. The maximum Gasteiger partial charge on any atom is 0.255 e.